The summed E-state index contributed by atoms with van der Waals surface area (Å²) in [6.07, 6.45) is 3.93. The van der Waals surface area contributed by atoms with Crippen LogP contribution in [0.1, 0.15) is 71.4 Å². The number of anilines is 1. The number of aromatic nitrogens is 2. The standard InChI is InChI=1S/C26H29F3N4O5/c1-14-30-18(11-19(35)33-25-7-5-15(12-25)6-8-25)20(24-37-9-10-38-24)22(31-14)32-23(36)16-3-2-4-17(21(16)27)26(28,29)13-34/h2-4,15,24,34H,5-13H2,1H3,(H,33,35)(H,30,31,32,36). The van der Waals surface area contributed by atoms with Gasteiger partial charge < -0.3 is 25.2 Å². The smallest absolute Gasteiger partial charge is 0.298 e. The molecule has 0 atom stereocenters. The predicted octanol–water partition coefficient (Wildman–Crippen LogP) is 3.30. The Morgan fingerprint density at radius 2 is 1.89 bits per heavy atom. The maximum Gasteiger partial charge on any atom is 0.298 e. The van der Waals surface area contributed by atoms with Crippen molar-refractivity contribution in [3.63, 3.8) is 0 Å². The third-order valence-electron chi connectivity index (χ3n) is 7.54. The molecule has 12 heteroatoms. The van der Waals surface area contributed by atoms with Gasteiger partial charge in [0, 0.05) is 5.54 Å². The Bertz CT molecular complexity index is 1240. The molecule has 1 aromatic carbocycles. The average Bonchev–Trinajstić information content (AvgIpc) is 3.62. The van der Waals surface area contributed by atoms with Crippen LogP contribution in [0, 0.1) is 18.7 Å². The molecule has 2 aromatic rings. The first kappa shape index (κ1) is 26.5. The van der Waals surface area contributed by atoms with Gasteiger partial charge in [-0.05, 0) is 57.1 Å². The van der Waals surface area contributed by atoms with E-state index in [9.17, 15) is 22.8 Å². The normalized spacial score (nSPS) is 23.1. The molecular weight excluding hydrogens is 505 g/mol. The molecule has 2 saturated carbocycles. The van der Waals surface area contributed by atoms with Crippen LogP contribution in [0.4, 0.5) is 19.0 Å². The van der Waals surface area contributed by atoms with E-state index in [1.165, 1.54) is 0 Å². The number of halogens is 3. The summed E-state index contributed by atoms with van der Waals surface area (Å²) in [5.74, 6) is -5.82. The van der Waals surface area contributed by atoms with Crippen molar-refractivity contribution in [1.29, 1.82) is 0 Å². The zero-order valence-electron chi connectivity index (χ0n) is 20.9. The second-order valence-corrected chi connectivity index (χ2v) is 10.2. The molecule has 9 nitrogen and oxygen atoms in total. The topological polar surface area (TPSA) is 123 Å². The number of rotatable bonds is 8. The number of carbonyl (C=O) groups is 2. The lowest BCUT2D eigenvalue weighted by molar-refractivity contribution is -0.122. The van der Waals surface area contributed by atoms with Crippen LogP contribution in [0.15, 0.2) is 18.2 Å². The molecule has 5 rings (SSSR count). The highest BCUT2D eigenvalue weighted by atomic mass is 19.3. The van der Waals surface area contributed by atoms with Crippen LogP contribution < -0.4 is 10.6 Å². The molecule has 38 heavy (non-hydrogen) atoms. The Balaban J connectivity index is 1.44. The molecule has 204 valence electrons. The van der Waals surface area contributed by atoms with Gasteiger partial charge in [-0.15, -0.1) is 0 Å². The Hall–Kier alpha value is -3.09. The highest BCUT2D eigenvalue weighted by Gasteiger charge is 2.45. The van der Waals surface area contributed by atoms with Crippen LogP contribution in [-0.2, 0) is 26.6 Å². The molecule has 2 heterocycles. The lowest BCUT2D eigenvalue weighted by atomic mass is 9.93. The van der Waals surface area contributed by atoms with E-state index in [0.717, 1.165) is 50.3 Å². The summed E-state index contributed by atoms with van der Waals surface area (Å²) >= 11 is 0. The highest BCUT2D eigenvalue weighted by molar-refractivity contribution is 6.04. The first-order valence-electron chi connectivity index (χ1n) is 12.6. The fraction of sp³-hybridized carbons (Fsp3) is 0.538. The number of benzene rings is 1. The summed E-state index contributed by atoms with van der Waals surface area (Å²) in [6, 6.07) is 2.94. The summed E-state index contributed by atoms with van der Waals surface area (Å²) in [5.41, 5.74) is -1.47. The Labute approximate surface area is 217 Å². The quantitative estimate of drug-likeness (QED) is 0.475. The molecule has 0 radical (unpaired) electrons. The van der Waals surface area contributed by atoms with E-state index >= 15 is 0 Å². The third-order valence-corrected chi connectivity index (χ3v) is 7.54. The maximum atomic E-state index is 14.9. The van der Waals surface area contributed by atoms with E-state index in [4.69, 9.17) is 14.6 Å². The number of carbonyl (C=O) groups excluding carboxylic acids is 2. The van der Waals surface area contributed by atoms with Gasteiger partial charge >= 0.3 is 0 Å². The third kappa shape index (κ3) is 5.12. The largest absolute Gasteiger partial charge is 0.390 e. The number of hydrogen-bond donors (Lipinski definition) is 3. The van der Waals surface area contributed by atoms with Crippen molar-refractivity contribution in [3.8, 4) is 0 Å². The number of fused-ring (bicyclic) bond motifs is 2. The van der Waals surface area contributed by atoms with E-state index < -0.39 is 41.7 Å². The first-order valence-corrected chi connectivity index (χ1v) is 12.6. The molecular formula is C26H29F3N4O5. The maximum absolute atomic E-state index is 14.9. The number of ether oxygens (including phenoxy) is 2. The number of aliphatic hydroxyl groups is 1. The van der Waals surface area contributed by atoms with Crippen molar-refractivity contribution in [1.82, 2.24) is 15.3 Å². The molecule has 1 aromatic heterocycles. The Kier molecular flexibility index (Phi) is 7.14. The molecule has 2 amide bonds. The van der Waals surface area contributed by atoms with E-state index in [2.05, 4.69) is 20.6 Å². The number of nitrogens with zero attached hydrogens (tertiary/aromatic N) is 2. The van der Waals surface area contributed by atoms with Gasteiger partial charge in [0.05, 0.1) is 42.0 Å². The molecule has 0 spiro atoms. The monoisotopic (exact) mass is 534 g/mol. The predicted molar refractivity (Wildman–Crippen MR) is 128 cm³/mol. The second-order valence-electron chi connectivity index (χ2n) is 10.2. The van der Waals surface area contributed by atoms with Gasteiger partial charge in [0.15, 0.2) is 6.29 Å². The van der Waals surface area contributed by atoms with Gasteiger partial charge in [0.25, 0.3) is 11.8 Å². The van der Waals surface area contributed by atoms with Crippen LogP contribution in [-0.4, -0.2) is 52.2 Å². The van der Waals surface area contributed by atoms with Crippen molar-refractivity contribution in [2.75, 3.05) is 25.1 Å². The zero-order valence-corrected chi connectivity index (χ0v) is 20.9. The van der Waals surface area contributed by atoms with Crippen molar-refractivity contribution in [2.24, 2.45) is 5.92 Å². The number of aryl methyl sites for hydroxylation is 1. The summed E-state index contributed by atoms with van der Waals surface area (Å²) in [6.45, 7) is 0.468. The van der Waals surface area contributed by atoms with E-state index in [-0.39, 0.29) is 54.0 Å². The minimum atomic E-state index is -3.87. The number of alkyl halides is 2. The Morgan fingerprint density at radius 1 is 1.18 bits per heavy atom. The summed E-state index contributed by atoms with van der Waals surface area (Å²) in [5, 5.41) is 14.6. The molecule has 3 aliphatic rings. The van der Waals surface area contributed by atoms with E-state index in [1.807, 2.05) is 0 Å². The van der Waals surface area contributed by atoms with Gasteiger partial charge in [-0.25, -0.2) is 14.4 Å². The molecule has 2 aliphatic carbocycles. The summed E-state index contributed by atoms with van der Waals surface area (Å²) in [4.78, 5) is 34.8. The average molecular weight is 535 g/mol. The van der Waals surface area contributed by atoms with Gasteiger partial charge in [-0.2, -0.15) is 8.78 Å². The lowest BCUT2D eigenvalue weighted by Crippen LogP contribution is -2.45. The second kappa shape index (κ2) is 10.2. The molecule has 1 saturated heterocycles. The van der Waals surface area contributed by atoms with Gasteiger partial charge in [0.2, 0.25) is 5.91 Å². The minimum absolute atomic E-state index is 0.0733. The van der Waals surface area contributed by atoms with Crippen LogP contribution in [0.5, 0.6) is 0 Å². The summed E-state index contributed by atoms with van der Waals surface area (Å²) < 4.78 is 54.2. The van der Waals surface area contributed by atoms with Crippen LogP contribution in [0.2, 0.25) is 0 Å². The first-order chi connectivity index (χ1) is 18.1. The van der Waals surface area contributed by atoms with Gasteiger partial charge in [-0.1, -0.05) is 6.07 Å². The zero-order chi connectivity index (χ0) is 27.1. The number of nitrogens with one attached hydrogen (secondary N) is 2. The van der Waals surface area contributed by atoms with Crippen LogP contribution in [0.3, 0.4) is 0 Å². The number of aliphatic hydroxyl groups excluding tert-OH is 1. The molecule has 3 N–H and O–H groups in total. The van der Waals surface area contributed by atoms with Crippen molar-refractivity contribution in [3.05, 3.63) is 52.2 Å². The molecule has 3 fully saturated rings. The van der Waals surface area contributed by atoms with E-state index in [1.54, 1.807) is 6.92 Å². The summed E-state index contributed by atoms with van der Waals surface area (Å²) in [7, 11) is 0. The van der Waals surface area contributed by atoms with Crippen molar-refractivity contribution in [2.45, 2.75) is 63.2 Å². The fourth-order valence-corrected chi connectivity index (χ4v) is 5.75. The van der Waals surface area contributed by atoms with Gasteiger partial charge in [-0.3, -0.25) is 9.59 Å². The number of amides is 2. The molecule has 2 bridgehead atoms. The van der Waals surface area contributed by atoms with Crippen LogP contribution >= 0.6 is 0 Å². The van der Waals surface area contributed by atoms with Crippen molar-refractivity contribution < 1.29 is 37.3 Å². The molecule has 1 aliphatic heterocycles. The SMILES string of the molecule is Cc1nc(CC(=O)NC23CCC(CC2)C3)c(C2OCCO2)c(NC(=O)c2cccc(C(F)(F)CO)c2F)n1. The number of hydrogen-bond acceptors (Lipinski definition) is 7. The Morgan fingerprint density at radius 3 is 2.53 bits per heavy atom. The minimum Gasteiger partial charge on any atom is -0.390 e. The fourth-order valence-electron chi connectivity index (χ4n) is 5.75. The van der Waals surface area contributed by atoms with Crippen molar-refractivity contribution >= 4 is 17.6 Å². The van der Waals surface area contributed by atoms with Gasteiger partial charge in [0.1, 0.15) is 24.1 Å². The highest BCUT2D eigenvalue weighted by Crippen LogP contribution is 2.47. The van der Waals surface area contributed by atoms with Crippen LogP contribution in [0.25, 0.3) is 0 Å². The lowest BCUT2D eigenvalue weighted by Gasteiger charge is -2.28. The molecule has 0 unspecified atom stereocenters. The van der Waals surface area contributed by atoms with E-state index in [0.29, 0.717) is 5.92 Å².